The third-order valence-electron chi connectivity index (χ3n) is 2.75. The number of methoxy groups -OCH3 is 1. The molecule has 2 heteroatoms. The van der Waals surface area contributed by atoms with Gasteiger partial charge in [-0.2, -0.15) is 0 Å². The molecule has 0 saturated carbocycles. The maximum Gasteiger partial charge on any atom is 0.122 e. The zero-order valence-corrected chi connectivity index (χ0v) is 7.95. The van der Waals surface area contributed by atoms with E-state index in [-0.39, 0.29) is 6.10 Å². The van der Waals surface area contributed by atoms with Crippen molar-refractivity contribution in [1.29, 1.82) is 0 Å². The highest BCUT2D eigenvalue weighted by atomic mass is 16.5. The van der Waals surface area contributed by atoms with Crippen molar-refractivity contribution >= 4 is 0 Å². The first kappa shape index (κ1) is 8.57. The highest BCUT2D eigenvalue weighted by Crippen LogP contribution is 2.44. The van der Waals surface area contributed by atoms with Crippen LogP contribution in [0.25, 0.3) is 0 Å². The van der Waals surface area contributed by atoms with Crippen LogP contribution in [0.4, 0.5) is 0 Å². The second kappa shape index (κ2) is 3.04. The largest absolute Gasteiger partial charge is 0.496 e. The Kier molecular flexibility index (Phi) is 2.00. The SMILES string of the molecule is COc1cccc2c1C(C)CC2O. The van der Waals surface area contributed by atoms with Crippen molar-refractivity contribution in [2.24, 2.45) is 0 Å². The molecule has 2 atom stereocenters. The van der Waals surface area contributed by atoms with Gasteiger partial charge in [0, 0.05) is 5.56 Å². The Morgan fingerprint density at radius 1 is 1.46 bits per heavy atom. The van der Waals surface area contributed by atoms with E-state index in [9.17, 15) is 5.11 Å². The fraction of sp³-hybridized carbons (Fsp3) is 0.455. The quantitative estimate of drug-likeness (QED) is 0.714. The Morgan fingerprint density at radius 2 is 2.23 bits per heavy atom. The molecule has 1 aromatic carbocycles. The van der Waals surface area contributed by atoms with Crippen LogP contribution in [0, 0.1) is 0 Å². The third-order valence-corrected chi connectivity index (χ3v) is 2.75. The van der Waals surface area contributed by atoms with E-state index in [0.29, 0.717) is 5.92 Å². The van der Waals surface area contributed by atoms with Crippen LogP contribution >= 0.6 is 0 Å². The van der Waals surface area contributed by atoms with Crippen molar-refractivity contribution in [2.45, 2.75) is 25.4 Å². The molecule has 13 heavy (non-hydrogen) atoms. The van der Waals surface area contributed by atoms with Crippen LogP contribution in [0.2, 0.25) is 0 Å². The Balaban J connectivity index is 2.55. The highest BCUT2D eigenvalue weighted by Gasteiger charge is 2.29. The maximum absolute atomic E-state index is 9.72. The molecule has 2 rings (SSSR count). The van der Waals surface area contributed by atoms with Gasteiger partial charge in [0.2, 0.25) is 0 Å². The minimum absolute atomic E-state index is 0.305. The van der Waals surface area contributed by atoms with Gasteiger partial charge in [0.05, 0.1) is 13.2 Å². The van der Waals surface area contributed by atoms with Crippen molar-refractivity contribution in [2.75, 3.05) is 7.11 Å². The summed E-state index contributed by atoms with van der Waals surface area (Å²) >= 11 is 0. The van der Waals surface area contributed by atoms with Gasteiger partial charge < -0.3 is 9.84 Å². The Morgan fingerprint density at radius 3 is 2.92 bits per heavy atom. The second-order valence-corrected chi connectivity index (χ2v) is 3.62. The molecule has 2 nitrogen and oxygen atoms in total. The first-order chi connectivity index (χ1) is 6.24. The lowest BCUT2D eigenvalue weighted by Gasteiger charge is -2.09. The van der Waals surface area contributed by atoms with Crippen molar-refractivity contribution in [3.05, 3.63) is 29.3 Å². The predicted octanol–water partition coefficient (Wildman–Crippen LogP) is 2.24. The van der Waals surface area contributed by atoms with E-state index < -0.39 is 0 Å². The topological polar surface area (TPSA) is 29.5 Å². The summed E-state index contributed by atoms with van der Waals surface area (Å²) in [4.78, 5) is 0. The average molecular weight is 178 g/mol. The van der Waals surface area contributed by atoms with Gasteiger partial charge in [-0.05, 0) is 24.0 Å². The van der Waals surface area contributed by atoms with Gasteiger partial charge in [-0.1, -0.05) is 19.1 Å². The summed E-state index contributed by atoms with van der Waals surface area (Å²) in [5, 5.41) is 9.72. The number of rotatable bonds is 1. The van der Waals surface area contributed by atoms with Crippen LogP contribution in [-0.4, -0.2) is 12.2 Å². The summed E-state index contributed by atoms with van der Waals surface area (Å²) in [6.07, 6.45) is 0.510. The normalized spacial score (nSPS) is 25.8. The van der Waals surface area contributed by atoms with Gasteiger partial charge in [0.25, 0.3) is 0 Å². The van der Waals surface area contributed by atoms with E-state index in [1.807, 2.05) is 18.2 Å². The number of ether oxygens (including phenoxy) is 1. The van der Waals surface area contributed by atoms with Gasteiger partial charge in [-0.3, -0.25) is 0 Å². The van der Waals surface area contributed by atoms with Gasteiger partial charge in [0.15, 0.2) is 0 Å². The van der Waals surface area contributed by atoms with Crippen LogP contribution in [0.3, 0.4) is 0 Å². The van der Waals surface area contributed by atoms with Crippen molar-refractivity contribution < 1.29 is 9.84 Å². The molecular formula is C11H14O2. The number of hydrogen-bond acceptors (Lipinski definition) is 2. The van der Waals surface area contributed by atoms with Crippen molar-refractivity contribution in [1.82, 2.24) is 0 Å². The second-order valence-electron chi connectivity index (χ2n) is 3.62. The number of fused-ring (bicyclic) bond motifs is 1. The molecule has 70 valence electrons. The van der Waals surface area contributed by atoms with E-state index in [1.54, 1.807) is 7.11 Å². The standard InChI is InChI=1S/C11H14O2/c1-7-6-9(12)8-4-3-5-10(13-2)11(7)8/h3-5,7,9,12H,6H2,1-2H3. The molecule has 2 unspecified atom stereocenters. The van der Waals surface area contributed by atoms with Gasteiger partial charge >= 0.3 is 0 Å². The first-order valence-corrected chi connectivity index (χ1v) is 4.59. The van der Waals surface area contributed by atoms with Crippen molar-refractivity contribution in [3.63, 3.8) is 0 Å². The molecule has 0 radical (unpaired) electrons. The predicted molar refractivity (Wildman–Crippen MR) is 51.0 cm³/mol. The Hall–Kier alpha value is -1.02. The van der Waals surface area contributed by atoms with E-state index in [0.717, 1.165) is 17.7 Å². The molecule has 1 N–H and O–H groups in total. The van der Waals surface area contributed by atoms with Gasteiger partial charge in [0.1, 0.15) is 5.75 Å². The summed E-state index contributed by atoms with van der Waals surface area (Å²) < 4.78 is 5.26. The molecule has 1 aromatic rings. The summed E-state index contributed by atoms with van der Waals surface area (Å²) in [5.41, 5.74) is 2.21. The van der Waals surface area contributed by atoms with E-state index in [1.165, 1.54) is 5.56 Å². The summed E-state index contributed by atoms with van der Waals surface area (Å²) in [6, 6.07) is 5.86. The number of aliphatic hydroxyl groups excluding tert-OH is 1. The number of hydrogen-bond donors (Lipinski definition) is 1. The Labute approximate surface area is 78.2 Å². The summed E-state index contributed by atoms with van der Waals surface area (Å²) in [6.45, 7) is 2.12. The minimum Gasteiger partial charge on any atom is -0.496 e. The van der Waals surface area contributed by atoms with Crippen LogP contribution in [0.1, 0.15) is 36.5 Å². The number of benzene rings is 1. The van der Waals surface area contributed by atoms with Crippen molar-refractivity contribution in [3.8, 4) is 5.75 Å². The lowest BCUT2D eigenvalue weighted by Crippen LogP contribution is -1.93. The fourth-order valence-corrected chi connectivity index (χ4v) is 2.14. The third kappa shape index (κ3) is 1.22. The van der Waals surface area contributed by atoms with Crippen LogP contribution < -0.4 is 4.74 Å². The van der Waals surface area contributed by atoms with Crippen LogP contribution in [-0.2, 0) is 0 Å². The maximum atomic E-state index is 9.72. The zero-order chi connectivity index (χ0) is 9.42. The number of aliphatic hydroxyl groups is 1. The first-order valence-electron chi connectivity index (χ1n) is 4.59. The highest BCUT2D eigenvalue weighted by molar-refractivity contribution is 5.46. The van der Waals surface area contributed by atoms with Crippen LogP contribution in [0.5, 0.6) is 5.75 Å². The summed E-state index contributed by atoms with van der Waals surface area (Å²) in [7, 11) is 1.67. The molecule has 1 aliphatic rings. The van der Waals surface area contributed by atoms with Gasteiger partial charge in [-0.25, -0.2) is 0 Å². The summed E-state index contributed by atoms with van der Waals surface area (Å²) in [5.74, 6) is 1.31. The molecule has 0 fully saturated rings. The average Bonchev–Trinajstić information content (AvgIpc) is 2.43. The monoisotopic (exact) mass is 178 g/mol. The molecule has 0 amide bonds. The molecule has 0 aromatic heterocycles. The lowest BCUT2D eigenvalue weighted by molar-refractivity contribution is 0.174. The Bertz CT molecular complexity index is 320. The lowest BCUT2D eigenvalue weighted by atomic mass is 10.0. The smallest absolute Gasteiger partial charge is 0.122 e. The van der Waals surface area contributed by atoms with E-state index >= 15 is 0 Å². The molecule has 0 aliphatic heterocycles. The van der Waals surface area contributed by atoms with E-state index in [4.69, 9.17) is 4.74 Å². The minimum atomic E-state index is -0.305. The van der Waals surface area contributed by atoms with E-state index in [2.05, 4.69) is 6.92 Å². The zero-order valence-electron chi connectivity index (χ0n) is 7.95. The van der Waals surface area contributed by atoms with Crippen LogP contribution in [0.15, 0.2) is 18.2 Å². The molecule has 0 bridgehead atoms. The van der Waals surface area contributed by atoms with Gasteiger partial charge in [-0.15, -0.1) is 0 Å². The fourth-order valence-electron chi connectivity index (χ4n) is 2.14. The molecular weight excluding hydrogens is 164 g/mol. The molecule has 0 heterocycles. The molecule has 0 spiro atoms. The molecule has 0 saturated heterocycles. The molecule has 1 aliphatic carbocycles.